The van der Waals surface area contributed by atoms with Gasteiger partial charge in [0.2, 0.25) is 0 Å². The molecule has 0 unspecified atom stereocenters. The molecule has 4 heteroatoms. The van der Waals surface area contributed by atoms with Crippen molar-refractivity contribution in [2.24, 2.45) is 10.2 Å². The van der Waals surface area contributed by atoms with Crippen LogP contribution in [0.3, 0.4) is 0 Å². The van der Waals surface area contributed by atoms with Gasteiger partial charge in [-0.25, -0.2) is 0 Å². The van der Waals surface area contributed by atoms with Gasteiger partial charge in [-0.15, -0.1) is 0 Å². The highest BCUT2D eigenvalue weighted by atomic mass is 28.4. The molecule has 0 spiro atoms. The number of nitrogens with zero attached hydrogens (tertiary/aromatic N) is 2. The fourth-order valence-electron chi connectivity index (χ4n) is 3.69. The van der Waals surface area contributed by atoms with Gasteiger partial charge in [-0.2, -0.15) is 10.2 Å². The van der Waals surface area contributed by atoms with E-state index in [-0.39, 0.29) is 0 Å². The molecule has 4 aromatic rings. The number of rotatable bonds is 7. The Morgan fingerprint density at radius 1 is 0.533 bits per heavy atom. The second-order valence-corrected chi connectivity index (χ2v) is 10.3. The minimum Gasteiger partial charge on any atom is -0.405 e. The van der Waals surface area contributed by atoms with Crippen LogP contribution in [0.5, 0.6) is 0 Å². The van der Waals surface area contributed by atoms with Gasteiger partial charge in [0.15, 0.2) is 0 Å². The van der Waals surface area contributed by atoms with Crippen molar-refractivity contribution in [1.29, 1.82) is 0 Å². The van der Waals surface area contributed by atoms with Gasteiger partial charge in [-0.1, -0.05) is 91.0 Å². The predicted molar refractivity (Wildman–Crippen MR) is 126 cm³/mol. The smallest absolute Gasteiger partial charge is 0.288 e. The molecule has 0 saturated carbocycles. The van der Waals surface area contributed by atoms with Crippen LogP contribution >= 0.6 is 0 Å². The minimum atomic E-state index is -2.61. The summed E-state index contributed by atoms with van der Waals surface area (Å²) in [5, 5.41) is 12.4. The van der Waals surface area contributed by atoms with E-state index in [0.717, 1.165) is 11.4 Å². The first-order valence-corrected chi connectivity index (χ1v) is 12.1. The van der Waals surface area contributed by atoms with E-state index in [2.05, 4.69) is 77.8 Å². The van der Waals surface area contributed by atoms with Crippen molar-refractivity contribution in [1.82, 2.24) is 0 Å². The van der Waals surface area contributed by atoms with Gasteiger partial charge in [-0.3, -0.25) is 0 Å². The minimum absolute atomic E-state index is 0.644. The maximum atomic E-state index is 6.64. The van der Waals surface area contributed by atoms with Crippen molar-refractivity contribution in [3.05, 3.63) is 115 Å². The Hall–Kier alpha value is -3.34. The van der Waals surface area contributed by atoms with Crippen LogP contribution in [0, 0.1) is 0 Å². The molecule has 0 bridgehead atoms. The maximum absolute atomic E-state index is 6.64. The summed E-state index contributed by atoms with van der Waals surface area (Å²) >= 11 is 0. The number of azo groups is 1. The van der Waals surface area contributed by atoms with E-state index in [1.54, 1.807) is 0 Å². The lowest BCUT2D eigenvalue weighted by atomic mass is 10.3. The third-order valence-electron chi connectivity index (χ3n) is 5.03. The molecule has 4 aromatic carbocycles. The van der Waals surface area contributed by atoms with Crippen molar-refractivity contribution in [2.75, 3.05) is 6.61 Å². The van der Waals surface area contributed by atoms with Gasteiger partial charge in [0.25, 0.3) is 8.32 Å². The summed E-state index contributed by atoms with van der Waals surface area (Å²) in [6.45, 7) is 2.71. The molecule has 0 N–H and O–H groups in total. The first kappa shape index (κ1) is 20.0. The summed E-state index contributed by atoms with van der Waals surface area (Å²) in [6, 6.07) is 39.2. The summed E-state index contributed by atoms with van der Waals surface area (Å²) < 4.78 is 6.64. The Kier molecular flexibility index (Phi) is 6.28. The van der Waals surface area contributed by atoms with E-state index in [0.29, 0.717) is 6.61 Å². The zero-order valence-electron chi connectivity index (χ0n) is 17.0. The Morgan fingerprint density at radius 2 is 0.933 bits per heavy atom. The average molecular weight is 409 g/mol. The van der Waals surface area contributed by atoms with Crippen LogP contribution < -0.4 is 15.6 Å². The van der Waals surface area contributed by atoms with Crippen molar-refractivity contribution >= 4 is 35.3 Å². The highest BCUT2D eigenvalue weighted by Crippen LogP contribution is 2.18. The molecular weight excluding hydrogens is 384 g/mol. The largest absolute Gasteiger partial charge is 0.405 e. The molecule has 0 aromatic heterocycles. The van der Waals surface area contributed by atoms with Crippen LogP contribution in [0.1, 0.15) is 6.92 Å². The van der Waals surface area contributed by atoms with Gasteiger partial charge in [-0.05, 0) is 46.7 Å². The zero-order chi connectivity index (χ0) is 20.7. The molecular formula is C26H24N2OSi. The van der Waals surface area contributed by atoms with Crippen LogP contribution in [0.25, 0.3) is 0 Å². The fourth-order valence-corrected chi connectivity index (χ4v) is 7.58. The standard InChI is InChI=1S/C26H24N2OSi/c1-2-29-30(24-14-8-4-9-15-24,25-16-10-5-11-17-25)26-20-18-23(19-21-26)28-27-22-12-6-3-7-13-22/h3-21H,2H2,1H3. The molecule has 4 rings (SSSR count). The van der Waals surface area contributed by atoms with Crippen LogP contribution in [0.2, 0.25) is 0 Å². The number of benzene rings is 4. The topological polar surface area (TPSA) is 34.0 Å². The van der Waals surface area contributed by atoms with E-state index in [1.807, 2.05) is 54.6 Å². The van der Waals surface area contributed by atoms with Crippen molar-refractivity contribution in [3.8, 4) is 0 Å². The molecule has 0 saturated heterocycles. The molecule has 3 nitrogen and oxygen atoms in total. The second-order valence-electron chi connectivity index (χ2n) is 6.93. The van der Waals surface area contributed by atoms with E-state index in [9.17, 15) is 0 Å². The Bertz CT molecular complexity index is 1040. The molecule has 0 atom stereocenters. The first-order valence-electron chi connectivity index (χ1n) is 10.2. The monoisotopic (exact) mass is 408 g/mol. The Morgan fingerprint density at radius 3 is 1.40 bits per heavy atom. The SMILES string of the molecule is CCO[Si](c1ccccc1)(c1ccccc1)c1ccc(N=Nc2ccccc2)cc1. The lowest BCUT2D eigenvalue weighted by molar-refractivity contribution is 0.347. The molecule has 0 aliphatic heterocycles. The first-order chi connectivity index (χ1) is 14.8. The van der Waals surface area contributed by atoms with Gasteiger partial charge >= 0.3 is 0 Å². The second kappa shape index (κ2) is 9.44. The number of hydrogen-bond acceptors (Lipinski definition) is 3. The number of hydrogen-bond donors (Lipinski definition) is 0. The van der Waals surface area contributed by atoms with Gasteiger partial charge < -0.3 is 4.43 Å². The van der Waals surface area contributed by atoms with E-state index >= 15 is 0 Å². The van der Waals surface area contributed by atoms with E-state index in [1.165, 1.54) is 15.6 Å². The zero-order valence-corrected chi connectivity index (χ0v) is 18.0. The summed E-state index contributed by atoms with van der Waals surface area (Å²) in [6.07, 6.45) is 0. The summed E-state index contributed by atoms with van der Waals surface area (Å²) in [5.74, 6) is 0. The summed E-state index contributed by atoms with van der Waals surface area (Å²) in [5.41, 5.74) is 1.66. The molecule has 0 amide bonds. The van der Waals surface area contributed by atoms with Crippen LogP contribution in [-0.2, 0) is 4.43 Å². The molecule has 0 fully saturated rings. The quantitative estimate of drug-likeness (QED) is 0.238. The van der Waals surface area contributed by atoms with Crippen LogP contribution in [-0.4, -0.2) is 14.9 Å². The predicted octanol–water partition coefficient (Wildman–Crippen LogP) is 5.11. The molecule has 0 aliphatic carbocycles. The van der Waals surface area contributed by atoms with Crippen LogP contribution in [0.15, 0.2) is 125 Å². The molecule has 0 radical (unpaired) electrons. The lowest BCUT2D eigenvalue weighted by Gasteiger charge is -2.32. The molecule has 0 heterocycles. The van der Waals surface area contributed by atoms with Crippen LogP contribution in [0.4, 0.5) is 11.4 Å². The highest BCUT2D eigenvalue weighted by molar-refractivity contribution is 7.07. The Labute approximate surface area is 178 Å². The molecule has 30 heavy (non-hydrogen) atoms. The maximum Gasteiger partial charge on any atom is 0.288 e. The van der Waals surface area contributed by atoms with Crippen molar-refractivity contribution < 1.29 is 4.43 Å². The third kappa shape index (κ3) is 4.15. The fraction of sp³-hybridized carbons (Fsp3) is 0.0769. The van der Waals surface area contributed by atoms with Crippen molar-refractivity contribution in [3.63, 3.8) is 0 Å². The van der Waals surface area contributed by atoms with E-state index in [4.69, 9.17) is 4.43 Å². The summed E-state index contributed by atoms with van der Waals surface area (Å²) in [7, 11) is -2.61. The van der Waals surface area contributed by atoms with Gasteiger partial charge in [0, 0.05) is 6.61 Å². The molecule has 0 aliphatic rings. The van der Waals surface area contributed by atoms with Crippen molar-refractivity contribution in [2.45, 2.75) is 6.92 Å². The summed E-state index contributed by atoms with van der Waals surface area (Å²) in [4.78, 5) is 0. The Balaban J connectivity index is 1.77. The van der Waals surface area contributed by atoms with Gasteiger partial charge in [0.05, 0.1) is 11.4 Å². The molecule has 148 valence electrons. The highest BCUT2D eigenvalue weighted by Gasteiger charge is 2.41. The normalized spacial score (nSPS) is 11.6. The average Bonchev–Trinajstić information content (AvgIpc) is 2.83. The third-order valence-corrected chi connectivity index (χ3v) is 9.19. The van der Waals surface area contributed by atoms with E-state index < -0.39 is 8.32 Å². The lowest BCUT2D eigenvalue weighted by Crippen LogP contribution is -2.69. The van der Waals surface area contributed by atoms with Gasteiger partial charge in [0.1, 0.15) is 0 Å².